The average Bonchev–Trinajstić information content (AvgIpc) is 2.17. The Morgan fingerprint density at radius 3 is 2.40 bits per heavy atom. The molecule has 0 aliphatic carbocycles. The second-order valence-corrected chi connectivity index (χ2v) is 6.54. The second-order valence-electron chi connectivity index (χ2n) is 4.28. The van der Waals surface area contributed by atoms with Gasteiger partial charge in [-0.3, -0.25) is 0 Å². The predicted molar refractivity (Wildman–Crippen MR) is 62.9 cm³/mol. The fourth-order valence-electron chi connectivity index (χ4n) is 1.80. The molecular formula is C10H22N2O2S. The van der Waals surface area contributed by atoms with Gasteiger partial charge in [0.15, 0.2) is 0 Å². The highest BCUT2D eigenvalue weighted by Gasteiger charge is 2.08. The van der Waals surface area contributed by atoms with Gasteiger partial charge in [-0.25, -0.2) is 8.42 Å². The average molecular weight is 234 g/mol. The van der Waals surface area contributed by atoms with E-state index < -0.39 is 9.84 Å². The Bertz CT molecular complexity index is 259. The maximum Gasteiger partial charge on any atom is 0.148 e. The molecule has 1 saturated heterocycles. The van der Waals surface area contributed by atoms with Crippen LogP contribution in [0.3, 0.4) is 0 Å². The summed E-state index contributed by atoms with van der Waals surface area (Å²) < 4.78 is 21.7. The van der Waals surface area contributed by atoms with Crippen molar-refractivity contribution in [3.8, 4) is 0 Å². The SMILES string of the molecule is CS(=O)(=O)CCNCCN1CCCCC1. The van der Waals surface area contributed by atoms with Crippen LogP contribution in [-0.4, -0.2) is 58.1 Å². The van der Waals surface area contributed by atoms with Crippen LogP contribution in [0.1, 0.15) is 19.3 Å². The van der Waals surface area contributed by atoms with Gasteiger partial charge in [0, 0.05) is 25.9 Å². The first-order valence-corrected chi connectivity index (χ1v) is 7.75. The van der Waals surface area contributed by atoms with E-state index >= 15 is 0 Å². The van der Waals surface area contributed by atoms with Gasteiger partial charge >= 0.3 is 0 Å². The Kier molecular flexibility index (Phi) is 5.56. The van der Waals surface area contributed by atoms with Crippen molar-refractivity contribution in [3.63, 3.8) is 0 Å². The Labute approximate surface area is 93.0 Å². The molecule has 1 heterocycles. The van der Waals surface area contributed by atoms with Gasteiger partial charge < -0.3 is 10.2 Å². The number of piperidine rings is 1. The maximum atomic E-state index is 10.8. The lowest BCUT2D eigenvalue weighted by atomic mass is 10.1. The van der Waals surface area contributed by atoms with Crippen LogP contribution in [0.15, 0.2) is 0 Å². The molecule has 1 rings (SSSR count). The van der Waals surface area contributed by atoms with Crippen LogP contribution in [0.4, 0.5) is 0 Å². The van der Waals surface area contributed by atoms with Crippen LogP contribution in [0, 0.1) is 0 Å². The summed E-state index contributed by atoms with van der Waals surface area (Å²) in [6.07, 6.45) is 5.25. The van der Waals surface area contributed by atoms with Gasteiger partial charge in [-0.1, -0.05) is 6.42 Å². The fraction of sp³-hybridized carbons (Fsp3) is 1.00. The zero-order valence-corrected chi connectivity index (χ0v) is 10.4. The lowest BCUT2D eigenvalue weighted by molar-refractivity contribution is 0.229. The molecule has 5 heteroatoms. The van der Waals surface area contributed by atoms with Crippen LogP contribution in [-0.2, 0) is 9.84 Å². The van der Waals surface area contributed by atoms with E-state index in [1.807, 2.05) is 0 Å². The zero-order chi connectivity index (χ0) is 11.1. The second kappa shape index (κ2) is 6.45. The molecule has 0 amide bonds. The van der Waals surface area contributed by atoms with E-state index in [-0.39, 0.29) is 5.75 Å². The van der Waals surface area contributed by atoms with E-state index in [2.05, 4.69) is 10.2 Å². The van der Waals surface area contributed by atoms with E-state index in [4.69, 9.17) is 0 Å². The highest BCUT2D eigenvalue weighted by atomic mass is 32.2. The van der Waals surface area contributed by atoms with E-state index in [1.165, 1.54) is 38.6 Å². The number of hydrogen-bond acceptors (Lipinski definition) is 4. The van der Waals surface area contributed by atoms with Gasteiger partial charge in [-0.2, -0.15) is 0 Å². The summed E-state index contributed by atoms with van der Waals surface area (Å²) in [6, 6.07) is 0. The molecule has 1 fully saturated rings. The molecule has 0 aromatic carbocycles. The first kappa shape index (κ1) is 12.9. The number of rotatable bonds is 6. The number of nitrogens with zero attached hydrogens (tertiary/aromatic N) is 1. The smallest absolute Gasteiger partial charge is 0.148 e. The van der Waals surface area contributed by atoms with Crippen molar-refractivity contribution in [2.75, 3.05) is 44.7 Å². The molecule has 1 aliphatic rings. The molecule has 0 bridgehead atoms. The molecule has 0 radical (unpaired) electrons. The third-order valence-electron chi connectivity index (χ3n) is 2.70. The molecule has 1 aliphatic heterocycles. The van der Waals surface area contributed by atoms with E-state index in [9.17, 15) is 8.42 Å². The van der Waals surface area contributed by atoms with Gasteiger partial charge in [0.05, 0.1) is 5.75 Å². The molecule has 0 unspecified atom stereocenters. The molecule has 4 nitrogen and oxygen atoms in total. The monoisotopic (exact) mass is 234 g/mol. The van der Waals surface area contributed by atoms with Gasteiger partial charge in [0.2, 0.25) is 0 Å². The molecule has 0 spiro atoms. The van der Waals surface area contributed by atoms with E-state index in [0.29, 0.717) is 6.54 Å². The third-order valence-corrected chi connectivity index (χ3v) is 3.65. The van der Waals surface area contributed by atoms with Crippen molar-refractivity contribution in [1.29, 1.82) is 0 Å². The van der Waals surface area contributed by atoms with E-state index in [1.54, 1.807) is 0 Å². The molecule has 15 heavy (non-hydrogen) atoms. The first-order chi connectivity index (χ1) is 7.08. The van der Waals surface area contributed by atoms with E-state index in [0.717, 1.165) is 13.1 Å². The van der Waals surface area contributed by atoms with Crippen LogP contribution in [0.5, 0.6) is 0 Å². The molecule has 0 aromatic heterocycles. The predicted octanol–water partition coefficient (Wildman–Crippen LogP) is 0.107. The van der Waals surface area contributed by atoms with Crippen LogP contribution in [0.2, 0.25) is 0 Å². The summed E-state index contributed by atoms with van der Waals surface area (Å²) >= 11 is 0. The lowest BCUT2D eigenvalue weighted by Gasteiger charge is -2.26. The Balaban J connectivity index is 1.96. The topological polar surface area (TPSA) is 49.4 Å². The van der Waals surface area contributed by atoms with Crippen molar-refractivity contribution in [2.24, 2.45) is 0 Å². The highest BCUT2D eigenvalue weighted by molar-refractivity contribution is 7.90. The molecule has 0 saturated carbocycles. The standard InChI is InChI=1S/C10H22N2O2S/c1-15(13,14)10-6-11-5-9-12-7-3-2-4-8-12/h11H,2-10H2,1H3. The van der Waals surface area contributed by atoms with Crippen molar-refractivity contribution in [3.05, 3.63) is 0 Å². The summed E-state index contributed by atoms with van der Waals surface area (Å²) in [5, 5.41) is 3.17. The summed E-state index contributed by atoms with van der Waals surface area (Å²) in [6.45, 7) is 4.92. The lowest BCUT2D eigenvalue weighted by Crippen LogP contribution is -2.36. The minimum atomic E-state index is -2.81. The van der Waals surface area contributed by atoms with Crippen molar-refractivity contribution >= 4 is 9.84 Å². The minimum absolute atomic E-state index is 0.243. The molecular weight excluding hydrogens is 212 g/mol. The van der Waals surface area contributed by atoms with Crippen molar-refractivity contribution in [1.82, 2.24) is 10.2 Å². The number of likely N-dealkylation sites (tertiary alicyclic amines) is 1. The van der Waals surface area contributed by atoms with Gasteiger partial charge in [0.25, 0.3) is 0 Å². The largest absolute Gasteiger partial charge is 0.314 e. The van der Waals surface area contributed by atoms with Gasteiger partial charge in [-0.05, 0) is 25.9 Å². The molecule has 90 valence electrons. The molecule has 0 aromatic rings. The summed E-state index contributed by atoms with van der Waals surface area (Å²) in [7, 11) is -2.81. The minimum Gasteiger partial charge on any atom is -0.314 e. The quantitative estimate of drug-likeness (QED) is 0.663. The maximum absolute atomic E-state index is 10.8. The zero-order valence-electron chi connectivity index (χ0n) is 9.54. The van der Waals surface area contributed by atoms with Crippen molar-refractivity contribution in [2.45, 2.75) is 19.3 Å². The number of sulfone groups is 1. The van der Waals surface area contributed by atoms with Crippen LogP contribution >= 0.6 is 0 Å². The number of nitrogens with one attached hydrogen (secondary N) is 1. The highest BCUT2D eigenvalue weighted by Crippen LogP contribution is 2.07. The van der Waals surface area contributed by atoms with Gasteiger partial charge in [0.1, 0.15) is 9.84 Å². The summed E-state index contributed by atoms with van der Waals surface area (Å²) in [5.41, 5.74) is 0. The third kappa shape index (κ3) is 6.87. The summed E-state index contributed by atoms with van der Waals surface area (Å²) in [5.74, 6) is 0.243. The van der Waals surface area contributed by atoms with Gasteiger partial charge in [-0.15, -0.1) is 0 Å². The fourth-order valence-corrected chi connectivity index (χ4v) is 2.32. The molecule has 0 atom stereocenters. The summed E-state index contributed by atoms with van der Waals surface area (Å²) in [4.78, 5) is 2.44. The Hall–Kier alpha value is -0.130. The number of hydrogen-bond donors (Lipinski definition) is 1. The normalized spacial score (nSPS) is 19.3. The van der Waals surface area contributed by atoms with Crippen LogP contribution < -0.4 is 5.32 Å². The Morgan fingerprint density at radius 1 is 1.13 bits per heavy atom. The molecule has 1 N–H and O–H groups in total. The first-order valence-electron chi connectivity index (χ1n) is 5.69. The Morgan fingerprint density at radius 2 is 1.80 bits per heavy atom. The van der Waals surface area contributed by atoms with Crippen molar-refractivity contribution < 1.29 is 8.42 Å². The van der Waals surface area contributed by atoms with Crippen LogP contribution in [0.25, 0.3) is 0 Å².